The fourth-order valence-corrected chi connectivity index (χ4v) is 3.26. The lowest BCUT2D eigenvalue weighted by molar-refractivity contribution is -0.123. The number of carbonyl (C=O) groups is 2. The molecule has 0 unspecified atom stereocenters. The Morgan fingerprint density at radius 1 is 0.912 bits per heavy atom. The summed E-state index contributed by atoms with van der Waals surface area (Å²) in [5.41, 5.74) is 7.11. The summed E-state index contributed by atoms with van der Waals surface area (Å²) in [7, 11) is 0. The van der Waals surface area contributed by atoms with Crippen molar-refractivity contribution in [2.45, 2.75) is 40.3 Å². The minimum atomic E-state index is -0.723. The van der Waals surface area contributed by atoms with Gasteiger partial charge in [-0.2, -0.15) is 5.10 Å². The van der Waals surface area contributed by atoms with E-state index in [1.54, 1.807) is 18.3 Å². The van der Waals surface area contributed by atoms with Crippen LogP contribution in [0.3, 0.4) is 0 Å². The molecule has 3 rings (SSSR count). The third-order valence-electron chi connectivity index (χ3n) is 5.36. The van der Waals surface area contributed by atoms with Gasteiger partial charge >= 0.3 is 0 Å². The van der Waals surface area contributed by atoms with Crippen molar-refractivity contribution in [3.05, 3.63) is 101 Å². The third-order valence-corrected chi connectivity index (χ3v) is 5.36. The fourth-order valence-electron chi connectivity index (χ4n) is 3.26. The van der Waals surface area contributed by atoms with Crippen LogP contribution in [0.25, 0.3) is 0 Å². The molecule has 3 aromatic carbocycles. The summed E-state index contributed by atoms with van der Waals surface area (Å²) in [6, 6.07) is 22.1. The number of aryl methyl sites for hydroxylation is 2. The number of rotatable bonds is 9. The van der Waals surface area contributed by atoms with E-state index in [1.807, 2.05) is 88.4 Å². The number of hydrogen-bond acceptors (Lipinski definition) is 4. The maximum Gasteiger partial charge on any atom is 0.262 e. The van der Waals surface area contributed by atoms with E-state index in [1.165, 1.54) is 5.56 Å². The highest BCUT2D eigenvalue weighted by molar-refractivity contribution is 5.97. The smallest absolute Gasteiger partial charge is 0.262 e. The van der Waals surface area contributed by atoms with E-state index < -0.39 is 6.04 Å². The number of nitrogens with zero attached hydrogens (tertiary/aromatic N) is 1. The first-order valence-electron chi connectivity index (χ1n) is 11.3. The normalized spacial score (nSPS) is 11.9. The Bertz CT molecular complexity index is 1140. The second kappa shape index (κ2) is 11.8. The first kappa shape index (κ1) is 24.7. The molecule has 6 nitrogen and oxygen atoms in total. The zero-order valence-corrected chi connectivity index (χ0v) is 20.0. The predicted molar refractivity (Wildman–Crippen MR) is 135 cm³/mol. The molecule has 0 aromatic heterocycles. The number of hydrogen-bond donors (Lipinski definition) is 2. The minimum absolute atomic E-state index is 0.116. The lowest BCUT2D eigenvalue weighted by Gasteiger charge is -2.20. The molecule has 34 heavy (non-hydrogen) atoms. The molecule has 176 valence electrons. The maximum atomic E-state index is 12.7. The van der Waals surface area contributed by atoms with Crippen molar-refractivity contribution >= 4 is 18.0 Å². The number of amides is 2. The van der Waals surface area contributed by atoms with Crippen LogP contribution < -0.4 is 15.5 Å². The topological polar surface area (TPSA) is 79.8 Å². The van der Waals surface area contributed by atoms with Gasteiger partial charge < -0.3 is 10.1 Å². The van der Waals surface area contributed by atoms with Crippen LogP contribution in [0.15, 0.2) is 77.9 Å². The lowest BCUT2D eigenvalue weighted by Crippen LogP contribution is -2.48. The maximum absolute atomic E-state index is 12.7. The molecule has 0 saturated heterocycles. The van der Waals surface area contributed by atoms with E-state index in [4.69, 9.17) is 4.74 Å². The molecule has 6 heteroatoms. The number of nitrogens with one attached hydrogen (secondary N) is 2. The van der Waals surface area contributed by atoms with Crippen LogP contribution in [0.2, 0.25) is 0 Å². The Morgan fingerprint density at radius 3 is 2.18 bits per heavy atom. The Hall–Kier alpha value is -3.93. The van der Waals surface area contributed by atoms with E-state index in [2.05, 4.69) is 15.8 Å². The fraction of sp³-hybridized carbons (Fsp3) is 0.250. The van der Waals surface area contributed by atoms with E-state index >= 15 is 0 Å². The van der Waals surface area contributed by atoms with E-state index in [0.717, 1.165) is 16.7 Å². The monoisotopic (exact) mass is 457 g/mol. The molecule has 0 heterocycles. The zero-order chi connectivity index (χ0) is 24.5. The van der Waals surface area contributed by atoms with Crippen LogP contribution in [0.5, 0.6) is 5.75 Å². The minimum Gasteiger partial charge on any atom is -0.488 e. The number of ether oxygens (including phenoxy) is 1. The van der Waals surface area contributed by atoms with Crippen molar-refractivity contribution in [3.63, 3.8) is 0 Å². The average molecular weight is 458 g/mol. The number of carbonyl (C=O) groups excluding carboxylic acids is 2. The predicted octanol–water partition coefficient (Wildman–Crippen LogP) is 4.79. The highest BCUT2D eigenvalue weighted by Crippen LogP contribution is 2.18. The Morgan fingerprint density at radius 2 is 1.53 bits per heavy atom. The van der Waals surface area contributed by atoms with E-state index in [0.29, 0.717) is 17.9 Å². The van der Waals surface area contributed by atoms with E-state index in [-0.39, 0.29) is 17.7 Å². The summed E-state index contributed by atoms with van der Waals surface area (Å²) < 4.78 is 5.96. The summed E-state index contributed by atoms with van der Waals surface area (Å²) in [5.74, 6) is -0.138. The number of benzene rings is 3. The Balaban J connectivity index is 1.61. The van der Waals surface area contributed by atoms with Gasteiger partial charge in [0.25, 0.3) is 11.8 Å². The Kier molecular flexibility index (Phi) is 8.57. The highest BCUT2D eigenvalue weighted by atomic mass is 16.5. The molecule has 3 aromatic rings. The van der Waals surface area contributed by atoms with Crippen molar-refractivity contribution in [2.24, 2.45) is 11.0 Å². The first-order valence-corrected chi connectivity index (χ1v) is 11.3. The summed E-state index contributed by atoms with van der Waals surface area (Å²) in [6.07, 6.45) is 1.54. The van der Waals surface area contributed by atoms with Gasteiger partial charge in [0.15, 0.2) is 0 Å². The molecule has 0 fully saturated rings. The second-order valence-electron chi connectivity index (χ2n) is 8.61. The van der Waals surface area contributed by atoms with Gasteiger partial charge in [-0.1, -0.05) is 73.5 Å². The molecule has 0 aliphatic carbocycles. The van der Waals surface area contributed by atoms with Gasteiger partial charge in [0.05, 0.1) is 6.21 Å². The molecule has 2 amide bonds. The molecule has 0 aliphatic rings. The van der Waals surface area contributed by atoms with Crippen LogP contribution >= 0.6 is 0 Å². The largest absolute Gasteiger partial charge is 0.488 e. The molecule has 2 N–H and O–H groups in total. The van der Waals surface area contributed by atoms with Gasteiger partial charge in [0, 0.05) is 11.1 Å². The molecular formula is C28H31N3O3. The molecule has 0 saturated carbocycles. The number of para-hydroxylation sites is 1. The molecular weight excluding hydrogens is 426 g/mol. The molecule has 0 aliphatic heterocycles. The van der Waals surface area contributed by atoms with Gasteiger partial charge in [-0.15, -0.1) is 0 Å². The van der Waals surface area contributed by atoms with Crippen molar-refractivity contribution < 1.29 is 14.3 Å². The summed E-state index contributed by atoms with van der Waals surface area (Å²) in [5, 5.41) is 6.91. The van der Waals surface area contributed by atoms with E-state index in [9.17, 15) is 9.59 Å². The number of hydrazone groups is 1. The average Bonchev–Trinajstić information content (AvgIpc) is 2.83. The highest BCUT2D eigenvalue weighted by Gasteiger charge is 2.24. The van der Waals surface area contributed by atoms with Gasteiger partial charge in [-0.25, -0.2) is 5.43 Å². The summed E-state index contributed by atoms with van der Waals surface area (Å²) in [4.78, 5) is 25.3. The van der Waals surface area contributed by atoms with Crippen molar-refractivity contribution in [1.29, 1.82) is 0 Å². The summed E-state index contributed by atoms with van der Waals surface area (Å²) >= 11 is 0. The van der Waals surface area contributed by atoms with Crippen molar-refractivity contribution in [2.75, 3.05) is 0 Å². The van der Waals surface area contributed by atoms with Crippen LogP contribution in [-0.2, 0) is 11.4 Å². The van der Waals surface area contributed by atoms with Crippen LogP contribution in [0.4, 0.5) is 0 Å². The van der Waals surface area contributed by atoms with Crippen LogP contribution in [0, 0.1) is 19.8 Å². The van der Waals surface area contributed by atoms with Gasteiger partial charge in [-0.3, -0.25) is 9.59 Å². The van der Waals surface area contributed by atoms with Crippen LogP contribution in [-0.4, -0.2) is 24.1 Å². The van der Waals surface area contributed by atoms with Gasteiger partial charge in [-0.05, 0) is 49.6 Å². The van der Waals surface area contributed by atoms with Gasteiger partial charge in [0.1, 0.15) is 18.4 Å². The van der Waals surface area contributed by atoms with Crippen LogP contribution in [0.1, 0.15) is 46.5 Å². The standard InChI is InChI=1S/C28H31N3O3/c1-19(2)26(30-27(32)23-15-11-21(4)12-16-23)28(33)31-29-17-24-7-5-6-8-25(24)34-18-22-13-9-20(3)10-14-22/h5-17,19,26H,18H2,1-4H3,(H,30,32)(H,31,33)/b29-17-/t26-/m0/s1. The second-order valence-corrected chi connectivity index (χ2v) is 8.61. The molecule has 0 bridgehead atoms. The molecule has 0 radical (unpaired) electrons. The quantitative estimate of drug-likeness (QED) is 0.358. The third kappa shape index (κ3) is 7.04. The van der Waals surface area contributed by atoms with Crippen molar-refractivity contribution in [3.8, 4) is 5.75 Å². The zero-order valence-electron chi connectivity index (χ0n) is 20.0. The van der Waals surface area contributed by atoms with Gasteiger partial charge in [0.2, 0.25) is 0 Å². The lowest BCUT2D eigenvalue weighted by atomic mass is 10.0. The SMILES string of the molecule is Cc1ccc(COc2ccccc2/C=N\NC(=O)[C@@H](NC(=O)c2ccc(C)cc2)C(C)C)cc1. The summed E-state index contributed by atoms with van der Waals surface area (Å²) in [6.45, 7) is 8.17. The Labute approximate surface area is 201 Å². The molecule has 0 spiro atoms. The first-order chi connectivity index (χ1) is 16.3. The molecule has 1 atom stereocenters. The van der Waals surface area contributed by atoms with Crippen molar-refractivity contribution in [1.82, 2.24) is 10.7 Å².